The first-order valence-electron chi connectivity index (χ1n) is 40.0. The second-order valence-corrected chi connectivity index (χ2v) is 28.2. The van der Waals surface area contributed by atoms with Crippen LogP contribution in [0.3, 0.4) is 0 Å². The minimum Gasteiger partial charge on any atom is -0.394 e. The molecule has 2 aliphatic heterocycles. The SMILES string of the molecule is CCCCCCC/C=C\C/C=C\C/C=C\CCCCCCCCCCCCCCCCCCCCCCCCC(=O)NC(COC1OC(CO)C(OC2OC(CO)C(O)C(O)C2O)C(O)C1O)C(O)/C=C/CC/C=C/CCCCCCCCCCCCCCCCCCCC. The fourth-order valence-electron chi connectivity index (χ4n) is 13.1. The van der Waals surface area contributed by atoms with Gasteiger partial charge < -0.3 is 65.1 Å². The summed E-state index contributed by atoms with van der Waals surface area (Å²) in [6.07, 6.45) is 71.6. The van der Waals surface area contributed by atoms with Crippen molar-refractivity contribution in [3.05, 3.63) is 60.8 Å². The molecule has 0 radical (unpaired) electrons. The molecule has 14 heteroatoms. The molecule has 556 valence electrons. The smallest absolute Gasteiger partial charge is 0.220 e. The molecular weight excluding hydrogens is 1190 g/mol. The quantitative estimate of drug-likeness (QED) is 0.0204. The molecule has 0 aromatic heterocycles. The Morgan fingerprint density at radius 2 is 0.705 bits per heavy atom. The van der Waals surface area contributed by atoms with E-state index in [1.165, 1.54) is 276 Å². The molecule has 95 heavy (non-hydrogen) atoms. The zero-order valence-electron chi connectivity index (χ0n) is 60.9. The van der Waals surface area contributed by atoms with E-state index in [1.54, 1.807) is 6.08 Å². The third-order valence-corrected chi connectivity index (χ3v) is 19.4. The number of rotatable bonds is 67. The van der Waals surface area contributed by atoms with Gasteiger partial charge in [-0.1, -0.05) is 338 Å². The highest BCUT2D eigenvalue weighted by Crippen LogP contribution is 2.30. The summed E-state index contributed by atoms with van der Waals surface area (Å²) in [6.45, 7) is 2.82. The number of ether oxygens (including phenoxy) is 4. The van der Waals surface area contributed by atoms with E-state index in [0.717, 1.165) is 44.9 Å². The molecule has 0 aromatic rings. The van der Waals surface area contributed by atoms with Crippen molar-refractivity contribution in [3.63, 3.8) is 0 Å². The van der Waals surface area contributed by atoms with Gasteiger partial charge in [0.15, 0.2) is 12.6 Å². The Hall–Kier alpha value is -2.31. The summed E-state index contributed by atoms with van der Waals surface area (Å²) in [5, 5.41) is 87.6. The van der Waals surface area contributed by atoms with Crippen LogP contribution in [0.15, 0.2) is 60.8 Å². The lowest BCUT2D eigenvalue weighted by Crippen LogP contribution is -2.65. The number of unbranched alkanes of at least 4 members (excludes halogenated alkanes) is 46. The maximum atomic E-state index is 13.4. The molecule has 14 nitrogen and oxygen atoms in total. The van der Waals surface area contributed by atoms with Crippen molar-refractivity contribution in [1.29, 1.82) is 0 Å². The molecule has 2 rings (SSSR count). The van der Waals surface area contributed by atoms with Gasteiger partial charge in [0.25, 0.3) is 0 Å². The topological polar surface area (TPSA) is 228 Å². The number of nitrogens with one attached hydrogen (secondary N) is 1. The zero-order chi connectivity index (χ0) is 68.7. The summed E-state index contributed by atoms with van der Waals surface area (Å²) < 4.78 is 22.9. The van der Waals surface area contributed by atoms with Crippen LogP contribution >= 0.6 is 0 Å². The van der Waals surface area contributed by atoms with Gasteiger partial charge in [-0.05, 0) is 70.6 Å². The highest BCUT2D eigenvalue weighted by Gasteiger charge is 2.51. The average Bonchev–Trinajstić information content (AvgIpc) is 0.927. The predicted molar refractivity (Wildman–Crippen MR) is 392 cm³/mol. The monoisotopic (exact) mass is 1340 g/mol. The lowest BCUT2D eigenvalue weighted by molar-refractivity contribution is -0.359. The van der Waals surface area contributed by atoms with Crippen molar-refractivity contribution in [1.82, 2.24) is 5.32 Å². The molecule has 12 unspecified atom stereocenters. The summed E-state index contributed by atoms with van der Waals surface area (Å²) in [4.78, 5) is 13.4. The molecule has 12 atom stereocenters. The summed E-state index contributed by atoms with van der Waals surface area (Å²) in [5.74, 6) is -0.243. The zero-order valence-corrected chi connectivity index (χ0v) is 60.9. The Labute approximate surface area is 581 Å². The van der Waals surface area contributed by atoms with Crippen LogP contribution < -0.4 is 5.32 Å². The van der Waals surface area contributed by atoms with Crippen LogP contribution in [0.1, 0.15) is 354 Å². The van der Waals surface area contributed by atoms with Gasteiger partial charge in [-0.2, -0.15) is 0 Å². The lowest BCUT2D eigenvalue weighted by atomic mass is 9.97. The highest BCUT2D eigenvalue weighted by atomic mass is 16.7. The van der Waals surface area contributed by atoms with Crippen molar-refractivity contribution in [2.75, 3.05) is 19.8 Å². The van der Waals surface area contributed by atoms with Crippen LogP contribution in [0.5, 0.6) is 0 Å². The number of carbonyl (C=O) groups excluding carboxylic acids is 1. The maximum absolute atomic E-state index is 13.4. The number of aliphatic hydroxyl groups excluding tert-OH is 8. The largest absolute Gasteiger partial charge is 0.394 e. The standard InChI is InChI=1S/C81H149NO13/c1-3-5-7-9-11-13-15-17-19-21-23-25-27-29-30-31-32-33-34-35-36-37-38-39-40-41-43-45-47-49-51-53-55-57-59-61-63-65-73(86)82-69(68-92-80-78(91)76(89)79(72(67-84)94-80)95-81-77(90)75(88)74(87)71(66-83)93-81)70(85)64-62-60-58-56-54-52-50-48-46-44-42-28-26-24-22-20-18-16-14-12-10-8-6-4-2/h15,17,21,23,27,29,54,56,62,64,69-72,74-81,83-85,87-91H,3-14,16,18-20,22,24-26,28,30-53,55,57-61,63,65-68H2,1-2H3,(H,82,86)/b17-15-,23-21-,29-27-,56-54+,64-62+. The molecule has 0 aromatic carbocycles. The lowest BCUT2D eigenvalue weighted by Gasteiger charge is -2.46. The normalized spacial score (nSPS) is 22.6. The maximum Gasteiger partial charge on any atom is 0.220 e. The predicted octanol–water partition coefficient (Wildman–Crippen LogP) is 18.0. The second kappa shape index (κ2) is 65.0. The van der Waals surface area contributed by atoms with Gasteiger partial charge in [0, 0.05) is 6.42 Å². The Bertz CT molecular complexity index is 1830. The third-order valence-electron chi connectivity index (χ3n) is 19.4. The van der Waals surface area contributed by atoms with Crippen molar-refractivity contribution in [3.8, 4) is 0 Å². The number of allylic oxidation sites excluding steroid dienone is 9. The fraction of sp³-hybridized carbons (Fsp3) is 0.864. The highest BCUT2D eigenvalue weighted by molar-refractivity contribution is 5.76. The molecule has 0 aliphatic carbocycles. The van der Waals surface area contributed by atoms with Crippen LogP contribution in [-0.4, -0.2) is 140 Å². The van der Waals surface area contributed by atoms with Crippen LogP contribution in [-0.2, 0) is 23.7 Å². The molecule has 9 N–H and O–H groups in total. The molecule has 0 bridgehead atoms. The number of hydrogen-bond donors (Lipinski definition) is 9. The van der Waals surface area contributed by atoms with Crippen LogP contribution in [0.2, 0.25) is 0 Å². The summed E-state index contributed by atoms with van der Waals surface area (Å²) in [7, 11) is 0. The summed E-state index contributed by atoms with van der Waals surface area (Å²) in [6, 6.07) is -0.933. The first kappa shape index (κ1) is 88.8. The van der Waals surface area contributed by atoms with Crippen LogP contribution in [0.25, 0.3) is 0 Å². The van der Waals surface area contributed by atoms with E-state index < -0.39 is 86.8 Å². The van der Waals surface area contributed by atoms with Crippen molar-refractivity contribution >= 4 is 5.91 Å². The van der Waals surface area contributed by atoms with Crippen molar-refractivity contribution in [2.24, 2.45) is 0 Å². The van der Waals surface area contributed by atoms with Crippen LogP contribution in [0.4, 0.5) is 0 Å². The first-order chi connectivity index (χ1) is 46.6. The Balaban J connectivity index is 1.61. The van der Waals surface area contributed by atoms with E-state index in [2.05, 4.69) is 67.8 Å². The van der Waals surface area contributed by atoms with E-state index in [-0.39, 0.29) is 18.9 Å². The Morgan fingerprint density at radius 3 is 1.11 bits per heavy atom. The third kappa shape index (κ3) is 48.2. The summed E-state index contributed by atoms with van der Waals surface area (Å²) in [5.41, 5.74) is 0. The van der Waals surface area contributed by atoms with E-state index in [4.69, 9.17) is 18.9 Å². The molecule has 2 fully saturated rings. The van der Waals surface area contributed by atoms with Crippen molar-refractivity contribution < 1.29 is 64.6 Å². The molecule has 0 saturated carbocycles. The van der Waals surface area contributed by atoms with Gasteiger partial charge in [-0.3, -0.25) is 4.79 Å². The molecule has 0 spiro atoms. The molecule has 1 amide bonds. The number of amides is 1. The van der Waals surface area contributed by atoms with Crippen molar-refractivity contribution in [2.45, 2.75) is 428 Å². The minimum atomic E-state index is -1.79. The average molecular weight is 1350 g/mol. The summed E-state index contributed by atoms with van der Waals surface area (Å²) >= 11 is 0. The first-order valence-corrected chi connectivity index (χ1v) is 40.0. The van der Waals surface area contributed by atoms with Crippen LogP contribution in [0, 0.1) is 0 Å². The van der Waals surface area contributed by atoms with Gasteiger partial charge in [0.2, 0.25) is 5.91 Å². The minimum absolute atomic E-state index is 0.243. The molecule has 2 aliphatic rings. The van der Waals surface area contributed by atoms with Gasteiger partial charge in [-0.25, -0.2) is 0 Å². The van der Waals surface area contributed by atoms with Gasteiger partial charge >= 0.3 is 0 Å². The molecule has 2 saturated heterocycles. The number of hydrogen-bond acceptors (Lipinski definition) is 13. The fourth-order valence-corrected chi connectivity index (χ4v) is 13.1. The Kier molecular flexibility index (Phi) is 60.8. The van der Waals surface area contributed by atoms with Gasteiger partial charge in [0.05, 0.1) is 32.0 Å². The second-order valence-electron chi connectivity index (χ2n) is 28.2. The Morgan fingerprint density at radius 1 is 0.379 bits per heavy atom. The van der Waals surface area contributed by atoms with E-state index in [9.17, 15) is 45.6 Å². The molecular formula is C81H149NO13. The van der Waals surface area contributed by atoms with Gasteiger partial charge in [-0.15, -0.1) is 0 Å². The number of aliphatic hydroxyl groups is 8. The number of carbonyl (C=O) groups is 1. The van der Waals surface area contributed by atoms with E-state index in [0.29, 0.717) is 12.8 Å². The van der Waals surface area contributed by atoms with E-state index >= 15 is 0 Å². The molecule has 2 heterocycles. The van der Waals surface area contributed by atoms with E-state index in [1.807, 2.05) is 6.08 Å². The van der Waals surface area contributed by atoms with Gasteiger partial charge in [0.1, 0.15) is 48.8 Å².